The Hall–Kier alpha value is -1.25. The molecule has 1 saturated heterocycles. The molecule has 0 atom stereocenters. The van der Waals surface area contributed by atoms with E-state index in [1.165, 1.54) is 18.9 Å². The fraction of sp³-hybridized carbons (Fsp3) is 0.455. The average molecular weight is 196 g/mol. The molecule has 3 heteroatoms. The van der Waals surface area contributed by atoms with Crippen LogP contribution in [-0.4, -0.2) is 13.1 Å². The summed E-state index contributed by atoms with van der Waals surface area (Å²) in [6, 6.07) is 3.44. The first-order chi connectivity index (χ1) is 6.68. The van der Waals surface area contributed by atoms with Crippen LogP contribution in [0.4, 0.5) is 15.8 Å². The predicted octanol–water partition coefficient (Wildman–Crippen LogP) is 2.56. The van der Waals surface area contributed by atoms with Gasteiger partial charge in [0.05, 0.1) is 11.4 Å². The van der Waals surface area contributed by atoms with E-state index in [1.807, 2.05) is 13.0 Å². The number of rotatable bonds is 1. The zero-order chi connectivity index (χ0) is 10.1. The largest absolute Gasteiger partial charge is 0.395 e. The molecule has 2 nitrogen and oxygen atoms in total. The van der Waals surface area contributed by atoms with Gasteiger partial charge in [-0.3, -0.25) is 0 Å². The smallest absolute Gasteiger partial charge is 0.148 e. The maximum absolute atomic E-state index is 13.3. The van der Waals surface area contributed by atoms with Crippen LogP contribution in [0.2, 0.25) is 0 Å². The minimum absolute atomic E-state index is 0. The number of nitrogens with zero attached hydrogens (tertiary/aromatic N) is 1. The van der Waals surface area contributed by atoms with E-state index in [4.69, 9.17) is 5.73 Å². The standard InChI is InChI=1S/C11H15FN2.H2/c1-8-6-9(12)11(13)10(7-8)14-4-2-3-5-14;/h6-7H,2-5,13H2,1H3;1H. The molecule has 0 radical (unpaired) electrons. The molecule has 0 bridgehead atoms. The molecule has 1 aliphatic rings. The number of anilines is 2. The van der Waals surface area contributed by atoms with Crippen LogP contribution >= 0.6 is 0 Å². The Bertz CT molecular complexity index is 349. The third-order valence-electron chi connectivity index (χ3n) is 2.70. The van der Waals surface area contributed by atoms with Crippen molar-refractivity contribution in [3.63, 3.8) is 0 Å². The van der Waals surface area contributed by atoms with Gasteiger partial charge in [-0.05, 0) is 37.5 Å². The number of benzene rings is 1. The Morgan fingerprint density at radius 1 is 1.36 bits per heavy atom. The van der Waals surface area contributed by atoms with Crippen molar-refractivity contribution < 1.29 is 5.82 Å². The molecule has 1 aromatic carbocycles. The highest BCUT2D eigenvalue weighted by atomic mass is 19.1. The number of hydrogen-bond donors (Lipinski definition) is 1. The molecular weight excluding hydrogens is 179 g/mol. The van der Waals surface area contributed by atoms with Gasteiger partial charge in [-0.1, -0.05) is 0 Å². The highest BCUT2D eigenvalue weighted by Gasteiger charge is 2.16. The highest BCUT2D eigenvalue weighted by Crippen LogP contribution is 2.29. The van der Waals surface area contributed by atoms with Crippen molar-refractivity contribution in [2.75, 3.05) is 23.7 Å². The van der Waals surface area contributed by atoms with E-state index >= 15 is 0 Å². The van der Waals surface area contributed by atoms with Gasteiger partial charge in [0.15, 0.2) is 0 Å². The van der Waals surface area contributed by atoms with E-state index in [0.717, 1.165) is 24.3 Å². The van der Waals surface area contributed by atoms with Crippen molar-refractivity contribution in [2.24, 2.45) is 0 Å². The lowest BCUT2D eigenvalue weighted by atomic mass is 10.1. The predicted molar refractivity (Wildman–Crippen MR) is 59.1 cm³/mol. The first-order valence-electron chi connectivity index (χ1n) is 4.99. The summed E-state index contributed by atoms with van der Waals surface area (Å²) in [5.74, 6) is -0.299. The third-order valence-corrected chi connectivity index (χ3v) is 2.70. The second-order valence-corrected chi connectivity index (χ2v) is 3.87. The van der Waals surface area contributed by atoms with Crippen LogP contribution in [0, 0.1) is 12.7 Å². The average Bonchev–Trinajstić information content (AvgIpc) is 2.63. The third kappa shape index (κ3) is 1.54. The van der Waals surface area contributed by atoms with Crippen molar-refractivity contribution >= 4 is 11.4 Å². The Morgan fingerprint density at radius 3 is 2.64 bits per heavy atom. The summed E-state index contributed by atoms with van der Waals surface area (Å²) in [6.45, 7) is 3.88. The molecule has 2 N–H and O–H groups in total. The summed E-state index contributed by atoms with van der Waals surface area (Å²) >= 11 is 0. The lowest BCUT2D eigenvalue weighted by Gasteiger charge is -2.20. The van der Waals surface area contributed by atoms with Gasteiger partial charge in [-0.2, -0.15) is 0 Å². The maximum atomic E-state index is 13.3. The molecule has 1 aliphatic heterocycles. The molecule has 1 aromatic rings. The number of hydrogen-bond acceptors (Lipinski definition) is 2. The van der Waals surface area contributed by atoms with E-state index in [0.29, 0.717) is 0 Å². The Morgan fingerprint density at radius 2 is 2.00 bits per heavy atom. The number of aryl methyl sites for hydroxylation is 1. The van der Waals surface area contributed by atoms with Crippen molar-refractivity contribution in [1.29, 1.82) is 0 Å². The van der Waals surface area contributed by atoms with E-state index in [2.05, 4.69) is 4.90 Å². The van der Waals surface area contributed by atoms with Gasteiger partial charge in [0.25, 0.3) is 0 Å². The number of halogens is 1. The molecule has 14 heavy (non-hydrogen) atoms. The summed E-state index contributed by atoms with van der Waals surface area (Å²) in [5.41, 5.74) is 7.79. The van der Waals surface area contributed by atoms with Crippen molar-refractivity contribution in [3.05, 3.63) is 23.5 Å². The Labute approximate surface area is 85.0 Å². The molecule has 1 heterocycles. The molecule has 0 unspecified atom stereocenters. The quantitative estimate of drug-likeness (QED) is 0.699. The van der Waals surface area contributed by atoms with E-state index in [-0.39, 0.29) is 12.9 Å². The molecule has 2 rings (SSSR count). The lowest BCUT2D eigenvalue weighted by molar-refractivity contribution is 0.631. The molecule has 0 amide bonds. The van der Waals surface area contributed by atoms with Gasteiger partial charge in [0, 0.05) is 14.5 Å². The van der Waals surface area contributed by atoms with Gasteiger partial charge in [0.2, 0.25) is 0 Å². The lowest BCUT2D eigenvalue weighted by Crippen LogP contribution is -2.19. The summed E-state index contributed by atoms with van der Waals surface area (Å²) in [7, 11) is 0. The van der Waals surface area contributed by atoms with E-state index in [9.17, 15) is 4.39 Å². The van der Waals surface area contributed by atoms with Crippen LogP contribution < -0.4 is 10.6 Å². The van der Waals surface area contributed by atoms with Crippen molar-refractivity contribution in [2.45, 2.75) is 19.8 Å². The van der Waals surface area contributed by atoms with E-state index < -0.39 is 0 Å². The van der Waals surface area contributed by atoms with Gasteiger partial charge in [-0.25, -0.2) is 4.39 Å². The van der Waals surface area contributed by atoms with Crippen LogP contribution in [0.15, 0.2) is 12.1 Å². The van der Waals surface area contributed by atoms with Crippen molar-refractivity contribution in [1.82, 2.24) is 0 Å². The molecule has 1 fully saturated rings. The zero-order valence-electron chi connectivity index (χ0n) is 8.39. The Balaban J connectivity index is 0.00000112. The van der Waals surface area contributed by atoms with Gasteiger partial charge < -0.3 is 10.6 Å². The Kier molecular flexibility index (Phi) is 2.32. The first-order valence-corrected chi connectivity index (χ1v) is 4.99. The fourth-order valence-corrected chi connectivity index (χ4v) is 1.95. The van der Waals surface area contributed by atoms with Gasteiger partial charge in [0.1, 0.15) is 5.82 Å². The van der Waals surface area contributed by atoms with Crippen LogP contribution in [0.25, 0.3) is 0 Å². The SMILES string of the molecule is Cc1cc(F)c(N)c(N2CCCC2)c1.[HH]. The fourth-order valence-electron chi connectivity index (χ4n) is 1.95. The van der Waals surface area contributed by atoms with Crippen LogP contribution in [0.5, 0.6) is 0 Å². The minimum Gasteiger partial charge on any atom is -0.395 e. The molecule has 0 aliphatic carbocycles. The summed E-state index contributed by atoms with van der Waals surface area (Å²) in [5, 5.41) is 0. The summed E-state index contributed by atoms with van der Waals surface area (Å²) < 4.78 is 13.3. The molecule has 0 saturated carbocycles. The van der Waals surface area contributed by atoms with Crippen LogP contribution in [0.1, 0.15) is 19.8 Å². The minimum atomic E-state index is -0.299. The monoisotopic (exact) mass is 196 g/mol. The molecular formula is C11H17FN2. The highest BCUT2D eigenvalue weighted by molar-refractivity contribution is 5.69. The summed E-state index contributed by atoms with van der Waals surface area (Å²) in [4.78, 5) is 2.16. The molecule has 78 valence electrons. The van der Waals surface area contributed by atoms with Crippen molar-refractivity contribution in [3.8, 4) is 0 Å². The number of nitrogen functional groups attached to an aromatic ring is 1. The normalized spacial score (nSPS) is 16.3. The zero-order valence-corrected chi connectivity index (χ0v) is 8.39. The topological polar surface area (TPSA) is 29.3 Å². The maximum Gasteiger partial charge on any atom is 0.148 e. The molecule has 0 aromatic heterocycles. The van der Waals surface area contributed by atoms with Gasteiger partial charge >= 0.3 is 0 Å². The number of nitrogens with two attached hydrogens (primary N) is 1. The molecule has 0 spiro atoms. The van der Waals surface area contributed by atoms with Crippen LogP contribution in [-0.2, 0) is 0 Å². The second kappa shape index (κ2) is 3.48. The first kappa shape index (κ1) is 9.31. The van der Waals surface area contributed by atoms with Gasteiger partial charge in [-0.15, -0.1) is 0 Å². The second-order valence-electron chi connectivity index (χ2n) is 3.87. The summed E-state index contributed by atoms with van der Waals surface area (Å²) in [6.07, 6.45) is 2.35. The van der Waals surface area contributed by atoms with Crippen LogP contribution in [0.3, 0.4) is 0 Å². The van der Waals surface area contributed by atoms with E-state index in [1.54, 1.807) is 0 Å².